The van der Waals surface area contributed by atoms with Crippen LogP contribution in [0.5, 0.6) is 5.75 Å². The number of benzene rings is 1. The van der Waals surface area contributed by atoms with Crippen molar-refractivity contribution in [2.24, 2.45) is 16.2 Å². The van der Waals surface area contributed by atoms with E-state index >= 15 is 0 Å². The average molecular weight is 379 g/mol. The molecule has 23 heavy (non-hydrogen) atoms. The van der Waals surface area contributed by atoms with Crippen LogP contribution in [0.3, 0.4) is 0 Å². The summed E-state index contributed by atoms with van der Waals surface area (Å²) < 4.78 is 5.99. The van der Waals surface area contributed by atoms with Crippen LogP contribution in [0.2, 0.25) is 0 Å². The van der Waals surface area contributed by atoms with Gasteiger partial charge in [-0.1, -0.05) is 62.7 Å². The molecule has 0 amide bonds. The minimum atomic E-state index is -0.403. The number of hydrogen-bond donors (Lipinski definition) is 0. The van der Waals surface area contributed by atoms with Crippen LogP contribution in [0.4, 0.5) is 0 Å². The molecule has 126 valence electrons. The van der Waals surface area contributed by atoms with Gasteiger partial charge in [0.25, 0.3) is 0 Å². The van der Waals surface area contributed by atoms with Crippen molar-refractivity contribution in [1.82, 2.24) is 0 Å². The number of alkyl halides is 1. The summed E-state index contributed by atoms with van der Waals surface area (Å²) in [4.78, 5) is 13.4. The summed E-state index contributed by atoms with van der Waals surface area (Å²) in [5.41, 5.74) is 1.96. The van der Waals surface area contributed by atoms with E-state index in [0.29, 0.717) is 5.92 Å². The number of aryl methyl sites for hydroxylation is 1. The lowest BCUT2D eigenvalue weighted by Gasteiger charge is -2.63. The maximum atomic E-state index is 13.2. The third-order valence-electron chi connectivity index (χ3n) is 6.93. The summed E-state index contributed by atoms with van der Waals surface area (Å²) in [6.07, 6.45) is 1.99. The van der Waals surface area contributed by atoms with Gasteiger partial charge >= 0.3 is 5.97 Å². The first kappa shape index (κ1) is 17.0. The van der Waals surface area contributed by atoms with E-state index in [1.807, 2.05) is 13.0 Å². The third-order valence-corrected chi connectivity index (χ3v) is 8.72. The van der Waals surface area contributed by atoms with Gasteiger partial charge in [-0.2, -0.15) is 0 Å². The molecule has 3 saturated carbocycles. The predicted octanol–water partition coefficient (Wildman–Crippen LogP) is 5.61. The first-order valence-corrected chi connectivity index (χ1v) is 9.46. The van der Waals surface area contributed by atoms with Crippen LogP contribution in [0.15, 0.2) is 18.2 Å². The fraction of sp³-hybridized carbons (Fsp3) is 0.650. The van der Waals surface area contributed by atoms with Crippen molar-refractivity contribution in [3.63, 3.8) is 0 Å². The minimum absolute atomic E-state index is 0.0347. The lowest BCUT2D eigenvalue weighted by atomic mass is 9.43. The topological polar surface area (TPSA) is 26.3 Å². The van der Waals surface area contributed by atoms with E-state index in [-0.39, 0.29) is 21.6 Å². The van der Waals surface area contributed by atoms with Gasteiger partial charge in [-0.15, -0.1) is 0 Å². The summed E-state index contributed by atoms with van der Waals surface area (Å²) in [6.45, 7) is 13.0. The molecule has 0 spiro atoms. The maximum Gasteiger partial charge on any atom is 0.319 e. The number of fused-ring (bicyclic) bond motifs is 1. The molecule has 3 fully saturated rings. The van der Waals surface area contributed by atoms with Crippen LogP contribution in [0, 0.1) is 23.2 Å². The highest BCUT2D eigenvalue weighted by Gasteiger charge is 2.80. The van der Waals surface area contributed by atoms with Gasteiger partial charge in [0.05, 0.1) is 5.41 Å². The number of esters is 1. The van der Waals surface area contributed by atoms with E-state index in [2.05, 4.69) is 62.7 Å². The molecule has 1 aromatic carbocycles. The van der Waals surface area contributed by atoms with E-state index in [0.717, 1.165) is 29.7 Å². The van der Waals surface area contributed by atoms with Crippen LogP contribution < -0.4 is 4.74 Å². The Morgan fingerprint density at radius 1 is 1.26 bits per heavy atom. The molecular weight excluding hydrogens is 352 g/mol. The molecule has 4 rings (SSSR count). The Morgan fingerprint density at radius 3 is 2.39 bits per heavy atom. The molecule has 3 unspecified atom stereocenters. The van der Waals surface area contributed by atoms with Crippen LogP contribution in [0.25, 0.3) is 0 Å². The van der Waals surface area contributed by atoms with Crippen molar-refractivity contribution >= 4 is 21.9 Å². The highest BCUT2D eigenvalue weighted by Crippen LogP contribution is 2.80. The Labute approximate surface area is 148 Å². The standard InChI is InChI=1S/C20H27BrO2/c1-12(2)14-8-7-13(3)11-15(14)23-17(22)20-10-9-19(6,16(20)21)18(20,4)5/h7-8,11-12,16H,9-10H2,1-6H3. The van der Waals surface area contributed by atoms with Crippen molar-refractivity contribution in [1.29, 1.82) is 0 Å². The van der Waals surface area contributed by atoms with Gasteiger partial charge in [-0.05, 0) is 53.7 Å². The summed E-state index contributed by atoms with van der Waals surface area (Å²) in [6, 6.07) is 6.15. The van der Waals surface area contributed by atoms with E-state index < -0.39 is 5.41 Å². The molecule has 3 atom stereocenters. The molecule has 0 N–H and O–H groups in total. The lowest BCUT2D eigenvalue weighted by molar-refractivity contribution is -0.176. The molecule has 1 aromatic rings. The maximum absolute atomic E-state index is 13.2. The Morgan fingerprint density at radius 2 is 1.91 bits per heavy atom. The highest BCUT2D eigenvalue weighted by molar-refractivity contribution is 9.09. The monoisotopic (exact) mass is 378 g/mol. The summed E-state index contributed by atoms with van der Waals surface area (Å²) in [5.74, 6) is 1.00. The quantitative estimate of drug-likeness (QED) is 0.387. The van der Waals surface area contributed by atoms with Gasteiger partial charge in [-0.25, -0.2) is 0 Å². The molecule has 3 aliphatic rings. The zero-order valence-corrected chi connectivity index (χ0v) is 16.6. The fourth-order valence-corrected chi connectivity index (χ4v) is 6.59. The van der Waals surface area contributed by atoms with Crippen molar-refractivity contribution in [2.75, 3.05) is 0 Å². The lowest BCUT2D eigenvalue weighted by Crippen LogP contribution is -2.68. The SMILES string of the molecule is Cc1ccc(C(C)C)c(OC(=O)C23CCC(C)(C2Br)C3(C)C)c1. The van der Waals surface area contributed by atoms with Crippen molar-refractivity contribution in [2.45, 2.75) is 65.1 Å². The molecule has 2 nitrogen and oxygen atoms in total. The molecule has 3 heteroatoms. The van der Waals surface area contributed by atoms with Crippen LogP contribution >= 0.6 is 15.9 Å². The fourth-order valence-electron chi connectivity index (χ4n) is 4.80. The first-order chi connectivity index (χ1) is 10.6. The van der Waals surface area contributed by atoms with Crippen LogP contribution in [-0.2, 0) is 4.79 Å². The second kappa shape index (κ2) is 5.08. The van der Waals surface area contributed by atoms with Crippen LogP contribution in [-0.4, -0.2) is 10.8 Å². The Hall–Kier alpha value is -0.830. The van der Waals surface area contributed by atoms with E-state index in [1.54, 1.807) is 0 Å². The number of carbonyl (C=O) groups excluding carboxylic acids is 1. The number of carbonyl (C=O) groups is 1. The number of rotatable bonds is 3. The summed E-state index contributed by atoms with van der Waals surface area (Å²) in [5, 5.41) is 0. The molecule has 0 saturated heterocycles. The molecular formula is C20H27BrO2. The van der Waals surface area contributed by atoms with Crippen molar-refractivity contribution in [3.8, 4) is 5.75 Å². The largest absolute Gasteiger partial charge is 0.426 e. The number of ether oxygens (including phenoxy) is 1. The van der Waals surface area contributed by atoms with Gasteiger partial charge < -0.3 is 4.74 Å². The first-order valence-electron chi connectivity index (χ1n) is 8.55. The smallest absolute Gasteiger partial charge is 0.319 e. The van der Waals surface area contributed by atoms with Crippen molar-refractivity contribution < 1.29 is 9.53 Å². The van der Waals surface area contributed by atoms with Gasteiger partial charge in [0.2, 0.25) is 0 Å². The summed E-state index contributed by atoms with van der Waals surface area (Å²) >= 11 is 3.82. The predicted molar refractivity (Wildman–Crippen MR) is 97.2 cm³/mol. The Balaban J connectivity index is 1.94. The average Bonchev–Trinajstić information content (AvgIpc) is 2.86. The van der Waals surface area contributed by atoms with E-state index in [1.165, 1.54) is 0 Å². The van der Waals surface area contributed by atoms with E-state index in [9.17, 15) is 4.79 Å². The number of hydrogen-bond acceptors (Lipinski definition) is 2. The van der Waals surface area contributed by atoms with Crippen LogP contribution in [0.1, 0.15) is 64.5 Å². The van der Waals surface area contributed by atoms with Gasteiger partial charge in [-0.3, -0.25) is 4.79 Å². The normalized spacial score (nSPS) is 34.3. The Bertz CT molecular complexity index is 664. The molecule has 3 aliphatic carbocycles. The van der Waals surface area contributed by atoms with Gasteiger partial charge in [0.15, 0.2) is 0 Å². The number of halogens is 1. The van der Waals surface area contributed by atoms with Crippen molar-refractivity contribution in [3.05, 3.63) is 29.3 Å². The molecule has 0 aromatic heterocycles. The Kier molecular flexibility index (Phi) is 3.76. The molecule has 0 aliphatic heterocycles. The third kappa shape index (κ3) is 1.95. The highest BCUT2D eigenvalue weighted by atomic mass is 79.9. The second-order valence-corrected chi connectivity index (χ2v) is 9.38. The summed E-state index contributed by atoms with van der Waals surface area (Å²) in [7, 11) is 0. The molecule has 2 bridgehead atoms. The second-order valence-electron chi connectivity index (χ2n) is 8.46. The van der Waals surface area contributed by atoms with Gasteiger partial charge in [0.1, 0.15) is 5.75 Å². The van der Waals surface area contributed by atoms with Gasteiger partial charge in [0, 0.05) is 4.83 Å². The minimum Gasteiger partial charge on any atom is -0.426 e. The molecule has 0 heterocycles. The van der Waals surface area contributed by atoms with E-state index in [4.69, 9.17) is 4.74 Å². The molecule has 0 radical (unpaired) electrons. The zero-order chi connectivity index (χ0) is 17.2. The zero-order valence-electron chi connectivity index (χ0n) is 15.0.